The monoisotopic (exact) mass is 238 g/mol. The molecule has 88 valence electrons. The molecule has 0 spiro atoms. The number of thioether (sulfide) groups is 1. The van der Waals surface area contributed by atoms with Gasteiger partial charge in [0.2, 0.25) is 0 Å². The summed E-state index contributed by atoms with van der Waals surface area (Å²) in [6, 6.07) is 0. The topological polar surface area (TPSA) is 56.7 Å². The molecule has 1 aliphatic heterocycles. The summed E-state index contributed by atoms with van der Waals surface area (Å²) in [4.78, 5) is 0. The Hall–Kier alpha value is -0.810. The van der Waals surface area contributed by atoms with Gasteiger partial charge in [0, 0.05) is 25.3 Å². The molecule has 4 nitrogen and oxygen atoms in total. The van der Waals surface area contributed by atoms with Crippen LogP contribution in [-0.2, 0) is 13.0 Å². The number of aryl methyl sites for hydroxylation is 1. The van der Waals surface area contributed by atoms with E-state index in [-0.39, 0.29) is 0 Å². The first-order valence-corrected chi connectivity index (χ1v) is 6.71. The Labute approximate surface area is 100 Å². The van der Waals surface area contributed by atoms with Crippen LogP contribution in [0.4, 0.5) is 0 Å². The largest absolute Gasteiger partial charge is 0.327 e. The first-order valence-electron chi connectivity index (χ1n) is 5.73. The summed E-state index contributed by atoms with van der Waals surface area (Å²) in [5.74, 6) is 1.98. The molecule has 0 aliphatic carbocycles. The number of hydrogen-bond donors (Lipinski definition) is 1. The smallest absolute Gasteiger partial charge is 0.191 e. The van der Waals surface area contributed by atoms with Gasteiger partial charge in [-0.3, -0.25) is 0 Å². The average molecular weight is 238 g/mol. The van der Waals surface area contributed by atoms with Crippen molar-refractivity contribution in [2.45, 2.75) is 37.4 Å². The lowest BCUT2D eigenvalue weighted by Gasteiger charge is -2.06. The lowest BCUT2D eigenvalue weighted by Crippen LogP contribution is -2.06. The van der Waals surface area contributed by atoms with Crippen molar-refractivity contribution in [1.82, 2.24) is 14.8 Å². The summed E-state index contributed by atoms with van der Waals surface area (Å²) in [5.41, 5.74) is 6.57. The van der Waals surface area contributed by atoms with Gasteiger partial charge < -0.3 is 10.3 Å². The number of nitrogens with two attached hydrogens (primary N) is 1. The van der Waals surface area contributed by atoms with Gasteiger partial charge in [0.25, 0.3) is 0 Å². The van der Waals surface area contributed by atoms with E-state index in [2.05, 4.69) is 21.3 Å². The van der Waals surface area contributed by atoms with Crippen molar-refractivity contribution < 1.29 is 0 Å². The van der Waals surface area contributed by atoms with Crippen LogP contribution in [0.5, 0.6) is 0 Å². The Kier molecular flexibility index (Phi) is 4.01. The molecule has 16 heavy (non-hydrogen) atoms. The van der Waals surface area contributed by atoms with E-state index >= 15 is 0 Å². The van der Waals surface area contributed by atoms with Crippen molar-refractivity contribution in [3.05, 3.63) is 18.0 Å². The van der Waals surface area contributed by atoms with E-state index in [0.717, 1.165) is 35.3 Å². The minimum Gasteiger partial charge on any atom is -0.327 e. The maximum absolute atomic E-state index is 5.52. The van der Waals surface area contributed by atoms with Crippen molar-refractivity contribution in [3.63, 3.8) is 0 Å². The second kappa shape index (κ2) is 5.50. The highest BCUT2D eigenvalue weighted by Crippen LogP contribution is 2.22. The molecule has 0 amide bonds. The molecule has 0 atom stereocenters. The highest BCUT2D eigenvalue weighted by atomic mass is 32.2. The fourth-order valence-corrected chi connectivity index (χ4v) is 2.69. The summed E-state index contributed by atoms with van der Waals surface area (Å²) in [6.45, 7) is 5.50. The van der Waals surface area contributed by atoms with Crippen LogP contribution in [0.15, 0.2) is 17.3 Å². The molecule has 2 N–H and O–H groups in total. The van der Waals surface area contributed by atoms with Gasteiger partial charge >= 0.3 is 0 Å². The molecule has 0 fully saturated rings. The fraction of sp³-hybridized carbons (Fsp3) is 0.636. The number of rotatable bonds is 4. The molecule has 0 saturated heterocycles. The molecule has 5 heteroatoms. The third-order valence-electron chi connectivity index (χ3n) is 2.77. The minimum atomic E-state index is 0.550. The van der Waals surface area contributed by atoms with Crippen molar-refractivity contribution in [3.8, 4) is 0 Å². The highest BCUT2D eigenvalue weighted by Gasteiger charge is 2.14. The van der Waals surface area contributed by atoms with E-state index in [1.165, 1.54) is 19.3 Å². The van der Waals surface area contributed by atoms with Gasteiger partial charge in [-0.2, -0.15) is 0 Å². The molecule has 0 bridgehead atoms. The Morgan fingerprint density at radius 2 is 2.25 bits per heavy atom. The highest BCUT2D eigenvalue weighted by molar-refractivity contribution is 7.99. The van der Waals surface area contributed by atoms with Crippen LogP contribution in [0.3, 0.4) is 0 Å². The average Bonchev–Trinajstić information content (AvgIpc) is 2.54. The summed E-state index contributed by atoms with van der Waals surface area (Å²) >= 11 is 1.69. The first kappa shape index (κ1) is 11.7. The fourth-order valence-electron chi connectivity index (χ4n) is 1.79. The molecule has 0 unspecified atom stereocenters. The van der Waals surface area contributed by atoms with Crippen molar-refractivity contribution in [2.24, 2.45) is 5.73 Å². The normalized spacial score (nSPS) is 15.6. The lowest BCUT2D eigenvalue weighted by molar-refractivity contribution is 0.591. The van der Waals surface area contributed by atoms with Crippen LogP contribution >= 0.6 is 11.8 Å². The van der Waals surface area contributed by atoms with Crippen LogP contribution in [0.1, 0.15) is 25.1 Å². The molecular formula is C11H18N4S. The zero-order valence-corrected chi connectivity index (χ0v) is 10.3. The summed E-state index contributed by atoms with van der Waals surface area (Å²) in [7, 11) is 0. The van der Waals surface area contributed by atoms with Crippen LogP contribution in [0, 0.1) is 0 Å². The molecule has 2 heterocycles. The summed E-state index contributed by atoms with van der Waals surface area (Å²) in [5, 5.41) is 9.51. The van der Waals surface area contributed by atoms with Gasteiger partial charge in [0.15, 0.2) is 5.16 Å². The van der Waals surface area contributed by atoms with E-state index in [0.29, 0.717) is 6.54 Å². The number of aromatic nitrogens is 3. The number of hydrogen-bond acceptors (Lipinski definition) is 4. The van der Waals surface area contributed by atoms with E-state index < -0.39 is 0 Å². The van der Waals surface area contributed by atoms with Gasteiger partial charge in [-0.05, 0) is 12.8 Å². The van der Waals surface area contributed by atoms with Crippen LogP contribution < -0.4 is 5.73 Å². The molecule has 0 aromatic carbocycles. The molecular weight excluding hydrogens is 220 g/mol. The molecule has 2 rings (SSSR count). The summed E-state index contributed by atoms with van der Waals surface area (Å²) < 4.78 is 2.25. The number of fused-ring (bicyclic) bond motifs is 1. The van der Waals surface area contributed by atoms with Gasteiger partial charge in [-0.25, -0.2) is 0 Å². The maximum Gasteiger partial charge on any atom is 0.191 e. The third kappa shape index (κ3) is 2.65. The summed E-state index contributed by atoms with van der Waals surface area (Å²) in [6.07, 6.45) is 4.82. The van der Waals surface area contributed by atoms with E-state index in [4.69, 9.17) is 5.73 Å². The van der Waals surface area contributed by atoms with E-state index in [9.17, 15) is 0 Å². The van der Waals surface area contributed by atoms with Gasteiger partial charge in [0.1, 0.15) is 5.82 Å². The van der Waals surface area contributed by atoms with Gasteiger partial charge in [-0.1, -0.05) is 30.3 Å². The third-order valence-corrected chi connectivity index (χ3v) is 3.88. The minimum absolute atomic E-state index is 0.550. The Bertz CT molecular complexity index is 372. The second-order valence-electron chi connectivity index (χ2n) is 4.10. The standard InChI is InChI=1S/C11H18N4S/c1-9(7-12)8-16-11-14-13-10-5-3-2-4-6-15(10)11/h1-8,12H2. The molecule has 1 aromatic heterocycles. The Morgan fingerprint density at radius 1 is 1.38 bits per heavy atom. The Balaban J connectivity index is 2.04. The van der Waals surface area contributed by atoms with Crippen LogP contribution in [-0.4, -0.2) is 27.1 Å². The maximum atomic E-state index is 5.52. The van der Waals surface area contributed by atoms with Crippen LogP contribution in [0.25, 0.3) is 0 Å². The van der Waals surface area contributed by atoms with Gasteiger partial charge in [0.05, 0.1) is 0 Å². The van der Waals surface area contributed by atoms with Crippen LogP contribution in [0.2, 0.25) is 0 Å². The Morgan fingerprint density at radius 3 is 3.06 bits per heavy atom. The lowest BCUT2D eigenvalue weighted by atomic mass is 10.2. The quantitative estimate of drug-likeness (QED) is 0.639. The molecule has 1 aliphatic rings. The van der Waals surface area contributed by atoms with Crippen molar-refractivity contribution in [1.29, 1.82) is 0 Å². The van der Waals surface area contributed by atoms with E-state index in [1.807, 2.05) is 0 Å². The molecule has 1 aromatic rings. The predicted octanol–water partition coefficient (Wildman–Crippen LogP) is 1.61. The van der Waals surface area contributed by atoms with Crippen molar-refractivity contribution in [2.75, 3.05) is 12.3 Å². The zero-order valence-electron chi connectivity index (χ0n) is 9.48. The van der Waals surface area contributed by atoms with E-state index in [1.54, 1.807) is 11.8 Å². The molecule has 0 radical (unpaired) electrons. The number of nitrogens with zero attached hydrogens (tertiary/aromatic N) is 3. The molecule has 0 saturated carbocycles. The first-order chi connectivity index (χ1) is 7.81. The van der Waals surface area contributed by atoms with Gasteiger partial charge in [-0.15, -0.1) is 10.2 Å². The van der Waals surface area contributed by atoms with Crippen molar-refractivity contribution >= 4 is 11.8 Å². The second-order valence-corrected chi connectivity index (χ2v) is 5.05. The predicted molar refractivity (Wildman–Crippen MR) is 66.5 cm³/mol. The SMILES string of the molecule is C=C(CN)CSc1nnc2n1CCCCC2. The zero-order chi connectivity index (χ0) is 11.4.